The molecule has 0 amide bonds. The maximum absolute atomic E-state index is 12.9. The predicted molar refractivity (Wildman–Crippen MR) is 325 cm³/mol. The molecule has 1 unspecified atom stereocenters. The summed E-state index contributed by atoms with van der Waals surface area (Å²) in [6.07, 6.45) is 84.2. The Morgan fingerprint density at radius 1 is 0.280 bits per heavy atom. The fraction of sp³-hybridized carbons (Fsp3) is 0.725. The molecule has 0 aliphatic rings. The van der Waals surface area contributed by atoms with E-state index in [9.17, 15) is 14.4 Å². The average molecular weight is 1040 g/mol. The number of allylic oxidation sites excluding steroid dienone is 16. The molecule has 0 heterocycles. The van der Waals surface area contributed by atoms with Gasteiger partial charge in [0.15, 0.2) is 6.10 Å². The molecule has 0 aliphatic carbocycles. The molecular formula is C69H118O6. The Morgan fingerprint density at radius 3 is 0.880 bits per heavy atom. The molecule has 0 aromatic heterocycles. The zero-order valence-corrected chi connectivity index (χ0v) is 49.3. The zero-order chi connectivity index (χ0) is 54.3. The monoisotopic (exact) mass is 1040 g/mol. The highest BCUT2D eigenvalue weighted by Crippen LogP contribution is 2.17. The van der Waals surface area contributed by atoms with Crippen molar-refractivity contribution in [3.8, 4) is 0 Å². The van der Waals surface area contributed by atoms with Gasteiger partial charge in [-0.05, 0) is 96.3 Å². The van der Waals surface area contributed by atoms with Gasteiger partial charge in [0.25, 0.3) is 0 Å². The van der Waals surface area contributed by atoms with E-state index in [0.29, 0.717) is 19.3 Å². The van der Waals surface area contributed by atoms with E-state index in [2.05, 4.69) is 118 Å². The molecule has 0 saturated heterocycles. The molecule has 0 rings (SSSR count). The van der Waals surface area contributed by atoms with Crippen LogP contribution in [0.2, 0.25) is 0 Å². The van der Waals surface area contributed by atoms with E-state index in [1.54, 1.807) is 0 Å². The second-order valence-electron chi connectivity index (χ2n) is 20.9. The molecule has 0 N–H and O–H groups in total. The average Bonchev–Trinajstić information content (AvgIpc) is 3.41. The van der Waals surface area contributed by atoms with Crippen molar-refractivity contribution in [2.24, 2.45) is 0 Å². The molecule has 0 saturated carbocycles. The smallest absolute Gasteiger partial charge is 0.306 e. The van der Waals surface area contributed by atoms with Gasteiger partial charge in [-0.15, -0.1) is 0 Å². The lowest BCUT2D eigenvalue weighted by Gasteiger charge is -2.18. The van der Waals surface area contributed by atoms with Crippen molar-refractivity contribution >= 4 is 17.9 Å². The first-order valence-electron chi connectivity index (χ1n) is 31.7. The summed E-state index contributed by atoms with van der Waals surface area (Å²) < 4.78 is 16.9. The van der Waals surface area contributed by atoms with Crippen LogP contribution >= 0.6 is 0 Å². The number of carbonyl (C=O) groups is 3. The van der Waals surface area contributed by atoms with Crippen molar-refractivity contribution in [3.63, 3.8) is 0 Å². The highest BCUT2D eigenvalue weighted by Gasteiger charge is 2.19. The third-order valence-corrected chi connectivity index (χ3v) is 13.6. The summed E-state index contributed by atoms with van der Waals surface area (Å²) in [5.41, 5.74) is 0. The normalized spacial score (nSPS) is 12.7. The molecule has 430 valence electrons. The minimum atomic E-state index is -0.794. The first kappa shape index (κ1) is 71.3. The lowest BCUT2D eigenvalue weighted by Crippen LogP contribution is -2.30. The molecule has 1 atom stereocenters. The Bertz CT molecular complexity index is 1480. The summed E-state index contributed by atoms with van der Waals surface area (Å²) in [5.74, 6) is -0.924. The van der Waals surface area contributed by atoms with Crippen molar-refractivity contribution in [3.05, 3.63) is 97.2 Å². The highest BCUT2D eigenvalue weighted by molar-refractivity contribution is 5.71. The molecule has 75 heavy (non-hydrogen) atoms. The van der Waals surface area contributed by atoms with E-state index in [1.165, 1.54) is 148 Å². The number of hydrogen-bond acceptors (Lipinski definition) is 6. The first-order valence-corrected chi connectivity index (χ1v) is 31.7. The van der Waals surface area contributed by atoms with Crippen LogP contribution < -0.4 is 0 Å². The van der Waals surface area contributed by atoms with Crippen molar-refractivity contribution in [1.82, 2.24) is 0 Å². The SMILES string of the molecule is CC/C=C\C/C=C\C/C=C\C/C=C\C/C=C\C/C=C\C/C=C\CCCCCC(=O)OCC(COC(=O)CCCCCCC/C=C\CCCC)OC(=O)CCCCCCCCCCCCCCCCCCCCCCC. The van der Waals surface area contributed by atoms with Crippen LogP contribution in [0.4, 0.5) is 0 Å². The quantitative estimate of drug-likeness (QED) is 0.0261. The van der Waals surface area contributed by atoms with Crippen molar-refractivity contribution in [1.29, 1.82) is 0 Å². The molecule has 6 nitrogen and oxygen atoms in total. The summed E-state index contributed by atoms with van der Waals surface area (Å²) in [6, 6.07) is 0. The standard InChI is InChI=1S/C69H118O6/c1-4-7-10-13-16-19-22-24-26-28-30-32-33-34-35-37-38-40-42-44-47-50-53-56-59-62-68(71)74-65-66(64-73-67(70)61-58-55-52-49-46-21-18-15-12-9-6-3)75-69(72)63-60-57-54-51-48-45-43-41-39-36-31-29-27-25-23-20-17-14-11-8-5-2/h7,10,15-16,18-19,24,26,30,32,34-35,38,40,44,47,66H,4-6,8-9,11-14,17,20-23,25,27-29,31,33,36-37,39,41-43,45-46,48-65H2,1-3H3/b10-7-,18-15-,19-16-,26-24-,32-30-,35-34-,40-38-,47-44-. The molecular weight excluding hydrogens is 925 g/mol. The maximum Gasteiger partial charge on any atom is 0.306 e. The fourth-order valence-electron chi connectivity index (χ4n) is 8.82. The topological polar surface area (TPSA) is 78.9 Å². The fourth-order valence-corrected chi connectivity index (χ4v) is 8.82. The van der Waals surface area contributed by atoms with Gasteiger partial charge in [0.1, 0.15) is 13.2 Å². The molecule has 0 spiro atoms. The predicted octanol–water partition coefficient (Wildman–Crippen LogP) is 21.7. The Balaban J connectivity index is 4.35. The van der Waals surface area contributed by atoms with Gasteiger partial charge in [0.05, 0.1) is 0 Å². The summed E-state index contributed by atoms with van der Waals surface area (Å²) in [4.78, 5) is 38.2. The van der Waals surface area contributed by atoms with E-state index in [4.69, 9.17) is 14.2 Å². The molecule has 0 bridgehead atoms. The van der Waals surface area contributed by atoms with Crippen LogP contribution in [0.5, 0.6) is 0 Å². The maximum atomic E-state index is 12.9. The molecule has 0 aromatic rings. The number of rotatable bonds is 57. The number of esters is 3. The molecule has 0 fully saturated rings. The largest absolute Gasteiger partial charge is 0.462 e. The van der Waals surface area contributed by atoms with Gasteiger partial charge in [0, 0.05) is 19.3 Å². The Kier molecular flexibility index (Phi) is 59.8. The number of hydrogen-bond donors (Lipinski definition) is 0. The Morgan fingerprint density at radius 2 is 0.533 bits per heavy atom. The minimum Gasteiger partial charge on any atom is -0.462 e. The second kappa shape index (κ2) is 62.9. The van der Waals surface area contributed by atoms with Crippen LogP contribution in [0.3, 0.4) is 0 Å². The van der Waals surface area contributed by atoms with Crippen LogP contribution in [0.1, 0.15) is 303 Å². The van der Waals surface area contributed by atoms with Crippen molar-refractivity contribution in [2.45, 2.75) is 309 Å². The van der Waals surface area contributed by atoms with E-state index >= 15 is 0 Å². The minimum absolute atomic E-state index is 0.0908. The van der Waals surface area contributed by atoms with Gasteiger partial charge in [0.2, 0.25) is 0 Å². The van der Waals surface area contributed by atoms with E-state index in [0.717, 1.165) is 116 Å². The van der Waals surface area contributed by atoms with E-state index in [1.807, 2.05) is 0 Å². The lowest BCUT2D eigenvalue weighted by atomic mass is 10.0. The Labute approximate surface area is 464 Å². The van der Waals surface area contributed by atoms with Gasteiger partial charge in [-0.1, -0.05) is 285 Å². The van der Waals surface area contributed by atoms with Crippen LogP contribution in [0, 0.1) is 0 Å². The highest BCUT2D eigenvalue weighted by atomic mass is 16.6. The summed E-state index contributed by atoms with van der Waals surface area (Å²) in [7, 11) is 0. The van der Waals surface area contributed by atoms with Crippen LogP contribution in [0.25, 0.3) is 0 Å². The molecule has 6 heteroatoms. The second-order valence-corrected chi connectivity index (χ2v) is 20.9. The Hall–Kier alpha value is -3.67. The van der Waals surface area contributed by atoms with Gasteiger partial charge >= 0.3 is 17.9 Å². The third-order valence-electron chi connectivity index (χ3n) is 13.6. The van der Waals surface area contributed by atoms with Gasteiger partial charge in [-0.2, -0.15) is 0 Å². The van der Waals surface area contributed by atoms with Crippen molar-refractivity contribution < 1.29 is 28.6 Å². The van der Waals surface area contributed by atoms with Crippen LogP contribution in [-0.2, 0) is 28.6 Å². The summed E-state index contributed by atoms with van der Waals surface area (Å²) >= 11 is 0. The third kappa shape index (κ3) is 61.1. The van der Waals surface area contributed by atoms with Gasteiger partial charge in [-0.25, -0.2) is 0 Å². The molecule has 0 aromatic carbocycles. The first-order chi connectivity index (χ1) is 37.0. The molecule has 0 radical (unpaired) electrons. The number of carbonyl (C=O) groups excluding carboxylic acids is 3. The summed E-state index contributed by atoms with van der Waals surface area (Å²) in [5, 5.41) is 0. The van der Waals surface area contributed by atoms with Crippen molar-refractivity contribution in [2.75, 3.05) is 13.2 Å². The van der Waals surface area contributed by atoms with E-state index < -0.39 is 6.10 Å². The van der Waals surface area contributed by atoms with E-state index in [-0.39, 0.29) is 31.1 Å². The van der Waals surface area contributed by atoms with Gasteiger partial charge < -0.3 is 14.2 Å². The number of unbranched alkanes of at least 4 members (excludes halogenated alkanes) is 30. The van der Waals surface area contributed by atoms with Crippen LogP contribution in [-0.4, -0.2) is 37.2 Å². The lowest BCUT2D eigenvalue weighted by molar-refractivity contribution is -0.167. The van der Waals surface area contributed by atoms with Gasteiger partial charge in [-0.3, -0.25) is 14.4 Å². The molecule has 0 aliphatic heterocycles. The number of ether oxygens (including phenoxy) is 3. The summed E-state index contributed by atoms with van der Waals surface area (Å²) in [6.45, 7) is 6.48. The van der Waals surface area contributed by atoms with Crippen LogP contribution in [0.15, 0.2) is 97.2 Å². The zero-order valence-electron chi connectivity index (χ0n) is 49.3.